The average Bonchev–Trinajstić information content (AvgIpc) is 3.49. The summed E-state index contributed by atoms with van der Waals surface area (Å²) in [5.74, 6) is 0. The molecule has 1 nitrogen and oxygen atoms in total. The highest BCUT2D eigenvalue weighted by Gasteiger charge is 2.36. The zero-order chi connectivity index (χ0) is 28.0. The second-order valence-corrected chi connectivity index (χ2v) is 19.8. The van der Waals surface area contributed by atoms with Crippen LogP contribution in [0.4, 0.5) is 0 Å². The van der Waals surface area contributed by atoms with Crippen LogP contribution in [0.2, 0.25) is 0 Å². The Bertz CT molecular complexity index is 1010. The van der Waals surface area contributed by atoms with E-state index in [1.165, 1.54) is 128 Å². The van der Waals surface area contributed by atoms with Gasteiger partial charge in [0.2, 0.25) is 0 Å². The fraction of sp³-hybridized carbons (Fsp3) is 0.711. The molecule has 1 atom stereocenters. The van der Waals surface area contributed by atoms with Crippen LogP contribution in [-0.2, 0) is 0 Å². The molecule has 0 radical (unpaired) electrons. The first kappa shape index (κ1) is 30.4. The zero-order valence-electron chi connectivity index (χ0n) is 26.4. The van der Waals surface area contributed by atoms with Crippen molar-refractivity contribution in [3.8, 4) is 0 Å². The van der Waals surface area contributed by atoms with Gasteiger partial charge in [-0.15, -0.1) is 10.9 Å². The summed E-state index contributed by atoms with van der Waals surface area (Å²) in [5.41, 5.74) is 7.18. The number of hydrogen-bond donors (Lipinski definition) is 0. The molecule has 0 spiro atoms. The fourth-order valence-corrected chi connectivity index (χ4v) is 17.3. The van der Waals surface area contributed by atoms with Gasteiger partial charge in [0.1, 0.15) is 0 Å². The number of benzene rings is 1. The van der Waals surface area contributed by atoms with E-state index in [2.05, 4.69) is 61.5 Å². The Balaban J connectivity index is 1.40. The van der Waals surface area contributed by atoms with E-state index in [0.717, 1.165) is 22.6 Å². The topological polar surface area (TPSA) is 3.24 Å². The highest BCUT2D eigenvalue weighted by molar-refractivity contribution is 7.67. The van der Waals surface area contributed by atoms with Gasteiger partial charge in [0.15, 0.2) is 0 Å². The summed E-state index contributed by atoms with van der Waals surface area (Å²) < 4.78 is 0. The van der Waals surface area contributed by atoms with E-state index < -0.39 is 0 Å². The maximum absolute atomic E-state index is 2.62. The Kier molecular flexibility index (Phi) is 11.1. The Hall–Kier alpha value is -0.610. The summed E-state index contributed by atoms with van der Waals surface area (Å²) in [6, 6.07) is 18.0. The highest BCUT2D eigenvalue weighted by atomic mass is 31.1. The maximum atomic E-state index is 2.62. The van der Waals surface area contributed by atoms with E-state index >= 15 is 0 Å². The standard InChI is InChI=1S/C38H58NP2/c1-39(2)38(35-27-17-29-37(35)41(32-22-11-5-12-23-32)33-24-13-6-14-25-33)34-26-15-16-28-36(34)40(30-18-7-3-8-19-30)31-20-9-4-10-21-31/h15-17,26-33,38H,3-14,18-25H2,1-2H3/q-1/t38-/m1/s1. The van der Waals surface area contributed by atoms with E-state index in [4.69, 9.17) is 0 Å². The minimum atomic E-state index is -0.117. The molecule has 4 fully saturated rings. The third-order valence-corrected chi connectivity index (χ3v) is 18.4. The quantitative estimate of drug-likeness (QED) is 0.207. The van der Waals surface area contributed by atoms with Crippen molar-refractivity contribution in [1.82, 2.24) is 4.90 Å². The summed E-state index contributed by atoms with van der Waals surface area (Å²) in [4.78, 5) is 2.60. The summed E-state index contributed by atoms with van der Waals surface area (Å²) >= 11 is 0. The van der Waals surface area contributed by atoms with E-state index in [9.17, 15) is 0 Å². The van der Waals surface area contributed by atoms with Crippen LogP contribution in [0.25, 0.3) is 0 Å². The minimum absolute atomic E-state index is 0.0941. The number of hydrogen-bond acceptors (Lipinski definition) is 1. The molecule has 41 heavy (non-hydrogen) atoms. The van der Waals surface area contributed by atoms with Crippen LogP contribution in [0.5, 0.6) is 0 Å². The van der Waals surface area contributed by atoms with E-state index in [0.29, 0.717) is 6.04 Å². The van der Waals surface area contributed by atoms with Crippen LogP contribution in [0, 0.1) is 0 Å². The van der Waals surface area contributed by atoms with Gasteiger partial charge < -0.3 is 4.90 Å². The Morgan fingerprint density at radius 2 is 1.00 bits per heavy atom. The summed E-state index contributed by atoms with van der Waals surface area (Å²) in [5, 5.41) is 3.61. The SMILES string of the molecule is CN(C)[C@H](c1ccccc1P(C1CCCCC1)C1CCCCC1)[c-]1cccc1P(C1CCCCC1)C1CCCCC1. The largest absolute Gasteiger partial charge is 0.309 e. The van der Waals surface area contributed by atoms with Gasteiger partial charge in [-0.1, -0.05) is 117 Å². The van der Waals surface area contributed by atoms with Crippen molar-refractivity contribution >= 4 is 26.5 Å². The van der Waals surface area contributed by atoms with E-state index in [1.54, 1.807) is 16.4 Å². The molecule has 3 heteroatoms. The lowest BCUT2D eigenvalue weighted by Gasteiger charge is -2.44. The third kappa shape index (κ3) is 7.05. The Labute approximate surface area is 255 Å². The summed E-state index contributed by atoms with van der Waals surface area (Å²) in [6.45, 7) is 0. The van der Waals surface area contributed by atoms with Gasteiger partial charge in [-0.25, -0.2) is 12.1 Å². The molecule has 4 saturated carbocycles. The fourth-order valence-electron chi connectivity index (χ4n) is 9.39. The number of rotatable bonds is 9. The zero-order valence-corrected chi connectivity index (χ0v) is 28.2. The predicted molar refractivity (Wildman–Crippen MR) is 185 cm³/mol. The van der Waals surface area contributed by atoms with Gasteiger partial charge in [-0.05, 0) is 99.0 Å². The molecule has 0 heterocycles. The van der Waals surface area contributed by atoms with Crippen molar-refractivity contribution in [1.29, 1.82) is 0 Å². The van der Waals surface area contributed by atoms with Crippen molar-refractivity contribution in [3.05, 3.63) is 53.6 Å². The Morgan fingerprint density at radius 1 is 0.561 bits per heavy atom. The summed E-state index contributed by atoms with van der Waals surface area (Å²) in [7, 11) is 4.55. The van der Waals surface area contributed by atoms with Crippen LogP contribution in [0.1, 0.15) is 146 Å². The molecule has 226 valence electrons. The molecule has 4 aliphatic rings. The van der Waals surface area contributed by atoms with Gasteiger partial charge in [-0.2, -0.15) is 6.07 Å². The second-order valence-electron chi connectivity index (χ2n) is 14.3. The maximum Gasteiger partial charge on any atom is 0.0157 e. The Morgan fingerprint density at radius 3 is 1.46 bits per heavy atom. The van der Waals surface area contributed by atoms with Crippen LogP contribution >= 0.6 is 15.8 Å². The normalized spacial score (nSPS) is 23.5. The molecule has 2 aromatic rings. The highest BCUT2D eigenvalue weighted by Crippen LogP contribution is 2.58. The van der Waals surface area contributed by atoms with Crippen LogP contribution < -0.4 is 10.6 Å². The average molecular weight is 591 g/mol. The molecule has 0 unspecified atom stereocenters. The van der Waals surface area contributed by atoms with Crippen molar-refractivity contribution in [2.45, 2.75) is 157 Å². The molecule has 0 aliphatic heterocycles. The van der Waals surface area contributed by atoms with E-state index in [-0.39, 0.29) is 15.8 Å². The van der Waals surface area contributed by atoms with Crippen molar-refractivity contribution in [2.75, 3.05) is 14.1 Å². The van der Waals surface area contributed by atoms with Gasteiger partial charge in [-0.3, -0.25) is 0 Å². The molecule has 2 aromatic carbocycles. The molecular weight excluding hydrogens is 532 g/mol. The smallest absolute Gasteiger partial charge is 0.0157 e. The van der Waals surface area contributed by atoms with Gasteiger partial charge in [0, 0.05) is 6.04 Å². The predicted octanol–water partition coefficient (Wildman–Crippen LogP) is 10.6. The van der Waals surface area contributed by atoms with Gasteiger partial charge >= 0.3 is 0 Å². The molecule has 0 amide bonds. The first-order chi connectivity index (χ1) is 20.2. The van der Waals surface area contributed by atoms with Crippen molar-refractivity contribution in [3.63, 3.8) is 0 Å². The summed E-state index contributed by atoms with van der Waals surface area (Å²) in [6.07, 6.45) is 29.5. The molecule has 6 rings (SSSR count). The van der Waals surface area contributed by atoms with Crippen molar-refractivity contribution < 1.29 is 0 Å². The second kappa shape index (κ2) is 14.9. The van der Waals surface area contributed by atoms with Gasteiger partial charge in [0.25, 0.3) is 0 Å². The van der Waals surface area contributed by atoms with Crippen molar-refractivity contribution in [2.24, 2.45) is 0 Å². The lowest BCUT2D eigenvalue weighted by molar-refractivity contribution is 0.345. The monoisotopic (exact) mass is 590 g/mol. The van der Waals surface area contributed by atoms with Crippen LogP contribution in [0.15, 0.2) is 42.5 Å². The number of nitrogens with zero attached hydrogens (tertiary/aromatic N) is 1. The van der Waals surface area contributed by atoms with Crippen LogP contribution in [0.3, 0.4) is 0 Å². The molecule has 0 bridgehead atoms. The first-order valence-corrected chi connectivity index (χ1v) is 20.8. The molecule has 0 saturated heterocycles. The van der Waals surface area contributed by atoms with E-state index in [1.807, 2.05) is 5.30 Å². The first-order valence-electron chi connectivity index (χ1n) is 17.8. The van der Waals surface area contributed by atoms with Gasteiger partial charge in [0.05, 0.1) is 0 Å². The third-order valence-electron chi connectivity index (χ3n) is 11.3. The van der Waals surface area contributed by atoms with Crippen LogP contribution in [-0.4, -0.2) is 41.6 Å². The lowest BCUT2D eigenvalue weighted by Crippen LogP contribution is -2.34. The lowest BCUT2D eigenvalue weighted by atomic mass is 9.99. The molecule has 0 N–H and O–H groups in total. The minimum Gasteiger partial charge on any atom is -0.309 e. The molecule has 0 aromatic heterocycles. The molecule has 4 aliphatic carbocycles. The molecular formula is C38H58NP2-.